The summed E-state index contributed by atoms with van der Waals surface area (Å²) in [5.41, 5.74) is 9.30. The van der Waals surface area contributed by atoms with Crippen LogP contribution in [0.2, 0.25) is 0 Å². The zero-order valence-electron chi connectivity index (χ0n) is 15.4. The quantitative estimate of drug-likeness (QED) is 0.727. The number of primary amides is 1. The molecule has 2 heterocycles. The highest BCUT2D eigenvalue weighted by Gasteiger charge is 2.34. The number of fused-ring (bicyclic) bond motifs is 1. The number of carbonyl (C=O) groups excluding carboxylic acids is 1. The van der Waals surface area contributed by atoms with Gasteiger partial charge in [0.15, 0.2) is 0 Å². The van der Waals surface area contributed by atoms with Crippen molar-refractivity contribution in [3.05, 3.63) is 53.9 Å². The molecule has 3 atom stereocenters. The first-order chi connectivity index (χ1) is 13.5. The lowest BCUT2D eigenvalue weighted by Crippen LogP contribution is -2.29. The minimum absolute atomic E-state index is 0.0200. The van der Waals surface area contributed by atoms with Gasteiger partial charge in [0.05, 0.1) is 40.6 Å². The minimum atomic E-state index is -0.984. The van der Waals surface area contributed by atoms with Crippen LogP contribution >= 0.6 is 0 Å². The van der Waals surface area contributed by atoms with Gasteiger partial charge in [-0.15, -0.1) is 0 Å². The van der Waals surface area contributed by atoms with Gasteiger partial charge < -0.3 is 11.1 Å². The molecule has 7 heteroatoms. The summed E-state index contributed by atoms with van der Waals surface area (Å²) in [4.78, 5) is 11.9. The zero-order chi connectivity index (χ0) is 19.8. The standard InChI is InChI=1S/C21H20FN5O/c1-12-2-7-17(19(12)22)26-20-16(21(24)28)10-25-27-11-15(8-18(20)27)14-5-3-13(9-23)4-6-14/h3-6,8,10-12,17,19,26H,2,7H2,1H3,(H2,24,28)/t12-,17+,19-/m0/s1. The number of carbonyl (C=O) groups is 1. The van der Waals surface area contributed by atoms with Crippen LogP contribution < -0.4 is 11.1 Å². The van der Waals surface area contributed by atoms with E-state index in [9.17, 15) is 9.18 Å². The van der Waals surface area contributed by atoms with Gasteiger partial charge in [0, 0.05) is 11.8 Å². The fourth-order valence-electron chi connectivity index (χ4n) is 3.78. The molecular formula is C21H20FN5O. The summed E-state index contributed by atoms with van der Waals surface area (Å²) < 4.78 is 16.2. The largest absolute Gasteiger partial charge is 0.377 e. The predicted molar refractivity (Wildman–Crippen MR) is 105 cm³/mol. The summed E-state index contributed by atoms with van der Waals surface area (Å²) in [7, 11) is 0. The number of hydrogen-bond acceptors (Lipinski definition) is 4. The Bertz CT molecular complexity index is 1080. The smallest absolute Gasteiger partial charge is 0.252 e. The van der Waals surface area contributed by atoms with Crippen LogP contribution in [-0.2, 0) is 0 Å². The van der Waals surface area contributed by atoms with Crippen LogP contribution in [0.5, 0.6) is 0 Å². The summed E-state index contributed by atoms with van der Waals surface area (Å²) in [6, 6.07) is 10.8. The lowest BCUT2D eigenvalue weighted by atomic mass is 10.1. The van der Waals surface area contributed by atoms with E-state index < -0.39 is 12.1 Å². The van der Waals surface area contributed by atoms with E-state index in [1.165, 1.54) is 6.20 Å². The van der Waals surface area contributed by atoms with Gasteiger partial charge in [-0.1, -0.05) is 19.1 Å². The molecule has 1 aliphatic rings. The number of aromatic nitrogens is 2. The Kier molecular flexibility index (Phi) is 4.47. The third-order valence-electron chi connectivity index (χ3n) is 5.44. The summed E-state index contributed by atoms with van der Waals surface area (Å²) in [5.74, 6) is -0.631. The van der Waals surface area contributed by atoms with Crippen molar-refractivity contribution < 1.29 is 9.18 Å². The fraction of sp³-hybridized carbons (Fsp3) is 0.286. The van der Waals surface area contributed by atoms with E-state index in [1.807, 2.05) is 31.3 Å². The van der Waals surface area contributed by atoms with Crippen LogP contribution in [0.4, 0.5) is 10.1 Å². The number of alkyl halides is 1. The Labute approximate surface area is 161 Å². The van der Waals surface area contributed by atoms with Crippen molar-refractivity contribution in [3.8, 4) is 17.2 Å². The van der Waals surface area contributed by atoms with Gasteiger partial charge in [0.25, 0.3) is 5.91 Å². The van der Waals surface area contributed by atoms with E-state index in [0.717, 1.165) is 17.5 Å². The number of anilines is 1. The average Bonchev–Trinajstić information content (AvgIpc) is 3.27. The molecule has 0 bridgehead atoms. The van der Waals surface area contributed by atoms with E-state index in [1.54, 1.807) is 16.6 Å². The second-order valence-electron chi connectivity index (χ2n) is 7.30. The van der Waals surface area contributed by atoms with Crippen molar-refractivity contribution in [1.82, 2.24) is 9.61 Å². The SMILES string of the molecule is C[C@H]1CC[C@@H](Nc2c(C(N)=O)cnn3cc(-c4ccc(C#N)cc4)cc23)[C@H]1F. The molecule has 6 nitrogen and oxygen atoms in total. The van der Waals surface area contributed by atoms with Crippen molar-refractivity contribution in [2.75, 3.05) is 5.32 Å². The number of hydrogen-bond donors (Lipinski definition) is 2. The molecule has 28 heavy (non-hydrogen) atoms. The molecule has 4 rings (SSSR count). The summed E-state index contributed by atoms with van der Waals surface area (Å²) in [5, 5.41) is 16.5. The van der Waals surface area contributed by atoms with E-state index in [0.29, 0.717) is 23.2 Å². The Morgan fingerprint density at radius 3 is 2.68 bits per heavy atom. The van der Waals surface area contributed by atoms with E-state index >= 15 is 0 Å². The topological polar surface area (TPSA) is 96.2 Å². The maximum absolute atomic E-state index is 14.5. The van der Waals surface area contributed by atoms with Crippen LogP contribution in [0.3, 0.4) is 0 Å². The Hall–Kier alpha value is -3.40. The van der Waals surface area contributed by atoms with Crippen LogP contribution in [0, 0.1) is 17.2 Å². The molecule has 3 N–H and O–H groups in total. The molecule has 0 radical (unpaired) electrons. The predicted octanol–water partition coefficient (Wildman–Crippen LogP) is 3.52. The number of amides is 1. The number of nitrogens with zero attached hydrogens (tertiary/aromatic N) is 3. The number of halogens is 1. The molecule has 1 aromatic carbocycles. The number of nitrogens with one attached hydrogen (secondary N) is 1. The van der Waals surface area contributed by atoms with Crippen LogP contribution in [0.1, 0.15) is 35.7 Å². The number of rotatable bonds is 4. The minimum Gasteiger partial charge on any atom is -0.377 e. The molecule has 0 saturated heterocycles. The lowest BCUT2D eigenvalue weighted by molar-refractivity contribution is 0.100. The van der Waals surface area contributed by atoms with Crippen molar-refractivity contribution in [2.24, 2.45) is 11.7 Å². The fourth-order valence-corrected chi connectivity index (χ4v) is 3.78. The lowest BCUT2D eigenvalue weighted by Gasteiger charge is -2.20. The van der Waals surface area contributed by atoms with Gasteiger partial charge in [-0.2, -0.15) is 10.4 Å². The van der Waals surface area contributed by atoms with Crippen LogP contribution in [0.15, 0.2) is 42.7 Å². The normalized spacial score (nSPS) is 21.5. The Morgan fingerprint density at radius 2 is 2.07 bits per heavy atom. The first-order valence-electron chi connectivity index (χ1n) is 9.20. The van der Waals surface area contributed by atoms with Crippen molar-refractivity contribution in [1.29, 1.82) is 5.26 Å². The first-order valence-corrected chi connectivity index (χ1v) is 9.20. The van der Waals surface area contributed by atoms with Crippen LogP contribution in [0.25, 0.3) is 16.6 Å². The molecule has 142 valence electrons. The number of benzene rings is 1. The highest BCUT2D eigenvalue weighted by atomic mass is 19.1. The van der Waals surface area contributed by atoms with Gasteiger partial charge in [0.2, 0.25) is 0 Å². The van der Waals surface area contributed by atoms with Gasteiger partial charge in [-0.3, -0.25) is 4.79 Å². The maximum atomic E-state index is 14.5. The molecule has 2 aromatic heterocycles. The summed E-state index contributed by atoms with van der Waals surface area (Å²) in [6.07, 6.45) is 3.74. The highest BCUT2D eigenvalue weighted by Crippen LogP contribution is 2.34. The molecule has 3 aromatic rings. The first kappa shape index (κ1) is 18.0. The molecule has 0 aliphatic heterocycles. The molecule has 1 fully saturated rings. The molecule has 1 saturated carbocycles. The van der Waals surface area contributed by atoms with Crippen molar-refractivity contribution in [2.45, 2.75) is 32.0 Å². The van der Waals surface area contributed by atoms with Gasteiger partial charge in [-0.25, -0.2) is 8.91 Å². The number of nitrogens with two attached hydrogens (primary N) is 1. The third kappa shape index (κ3) is 3.07. The molecule has 1 amide bonds. The van der Waals surface area contributed by atoms with Gasteiger partial charge in [0.1, 0.15) is 6.17 Å². The Balaban J connectivity index is 1.79. The molecular weight excluding hydrogens is 357 g/mol. The molecule has 1 aliphatic carbocycles. The van der Waals surface area contributed by atoms with E-state index in [2.05, 4.69) is 16.5 Å². The van der Waals surface area contributed by atoms with Gasteiger partial charge in [-0.05, 0) is 42.5 Å². The van der Waals surface area contributed by atoms with Crippen molar-refractivity contribution in [3.63, 3.8) is 0 Å². The number of nitriles is 1. The maximum Gasteiger partial charge on any atom is 0.252 e. The molecule has 0 spiro atoms. The second-order valence-corrected chi connectivity index (χ2v) is 7.30. The van der Waals surface area contributed by atoms with Crippen molar-refractivity contribution >= 4 is 17.1 Å². The van der Waals surface area contributed by atoms with Crippen LogP contribution in [-0.4, -0.2) is 27.7 Å². The summed E-state index contributed by atoms with van der Waals surface area (Å²) >= 11 is 0. The monoisotopic (exact) mass is 377 g/mol. The zero-order valence-corrected chi connectivity index (χ0v) is 15.4. The highest BCUT2D eigenvalue weighted by molar-refractivity contribution is 6.02. The average molecular weight is 377 g/mol. The Morgan fingerprint density at radius 1 is 1.32 bits per heavy atom. The van der Waals surface area contributed by atoms with E-state index in [4.69, 9.17) is 11.0 Å². The summed E-state index contributed by atoms with van der Waals surface area (Å²) in [6.45, 7) is 1.89. The third-order valence-corrected chi connectivity index (χ3v) is 5.44. The molecule has 0 unspecified atom stereocenters. The second kappa shape index (κ2) is 6.97. The van der Waals surface area contributed by atoms with E-state index in [-0.39, 0.29) is 17.5 Å². The van der Waals surface area contributed by atoms with Gasteiger partial charge >= 0.3 is 0 Å².